The smallest absolute Gasteiger partial charge is 0.231 e. The van der Waals surface area contributed by atoms with Gasteiger partial charge in [-0.05, 0) is 30.7 Å². The minimum absolute atomic E-state index is 0.206. The lowest BCUT2D eigenvalue weighted by Gasteiger charge is -2.07. The predicted molar refractivity (Wildman–Crippen MR) is 67.6 cm³/mol. The van der Waals surface area contributed by atoms with Crippen LogP contribution in [0.15, 0.2) is 24.4 Å². The van der Waals surface area contributed by atoms with Gasteiger partial charge in [0, 0.05) is 11.8 Å². The maximum Gasteiger partial charge on any atom is 0.231 e. The van der Waals surface area contributed by atoms with Crippen LogP contribution in [0.3, 0.4) is 0 Å². The molecular formula is C14H11N3O2. The van der Waals surface area contributed by atoms with E-state index in [4.69, 9.17) is 14.7 Å². The van der Waals surface area contributed by atoms with Crippen LogP contribution in [-0.4, -0.2) is 16.8 Å². The summed E-state index contributed by atoms with van der Waals surface area (Å²) < 4.78 is 10.7. The predicted octanol–water partition coefficient (Wildman–Crippen LogP) is 2.25. The molecule has 5 nitrogen and oxygen atoms in total. The number of hydrogen-bond acceptors (Lipinski definition) is 5. The standard InChI is InChI=1S/C14H11N3O2/c1-9-6-12-13(19-8-18-12)7-10(9)11-3-5-16-14(17-11)2-4-15/h3,5-7H,2,8H2,1H3. The normalized spacial score (nSPS) is 12.2. The number of nitrogens with zero attached hydrogens (tertiary/aromatic N) is 3. The van der Waals surface area contributed by atoms with Crippen molar-refractivity contribution in [3.8, 4) is 28.8 Å². The number of fused-ring (bicyclic) bond motifs is 1. The van der Waals surface area contributed by atoms with E-state index in [1.54, 1.807) is 6.20 Å². The Labute approximate surface area is 110 Å². The number of ether oxygens (including phenoxy) is 2. The fraction of sp³-hybridized carbons (Fsp3) is 0.214. The number of aromatic nitrogens is 2. The Hall–Kier alpha value is -2.61. The third kappa shape index (κ3) is 2.08. The molecule has 1 aromatic heterocycles. The Morgan fingerprint density at radius 2 is 2.11 bits per heavy atom. The van der Waals surface area contributed by atoms with Gasteiger partial charge >= 0.3 is 0 Å². The molecule has 0 unspecified atom stereocenters. The molecule has 3 rings (SSSR count). The fourth-order valence-corrected chi connectivity index (χ4v) is 2.02. The van der Waals surface area contributed by atoms with Crippen LogP contribution in [0.2, 0.25) is 0 Å². The summed E-state index contributed by atoms with van der Waals surface area (Å²) in [5, 5.41) is 8.70. The number of hydrogen-bond donors (Lipinski definition) is 0. The quantitative estimate of drug-likeness (QED) is 0.821. The van der Waals surface area contributed by atoms with Gasteiger partial charge in [0.25, 0.3) is 0 Å². The Morgan fingerprint density at radius 3 is 2.89 bits per heavy atom. The van der Waals surface area contributed by atoms with E-state index in [0.29, 0.717) is 5.82 Å². The second-order valence-electron chi connectivity index (χ2n) is 4.21. The minimum Gasteiger partial charge on any atom is -0.454 e. The second-order valence-corrected chi connectivity index (χ2v) is 4.21. The second kappa shape index (κ2) is 4.58. The largest absolute Gasteiger partial charge is 0.454 e. The molecule has 0 N–H and O–H groups in total. The molecule has 0 atom stereocenters. The number of nitriles is 1. The molecule has 0 radical (unpaired) electrons. The Bertz CT molecular complexity index is 677. The van der Waals surface area contributed by atoms with Crippen LogP contribution in [0.25, 0.3) is 11.3 Å². The highest BCUT2D eigenvalue weighted by molar-refractivity contribution is 5.68. The van der Waals surface area contributed by atoms with Crippen LogP contribution in [0.4, 0.5) is 0 Å². The van der Waals surface area contributed by atoms with Crippen LogP contribution in [0.5, 0.6) is 11.5 Å². The summed E-state index contributed by atoms with van der Waals surface area (Å²) in [5.74, 6) is 2.01. The molecule has 1 aromatic carbocycles. The average Bonchev–Trinajstić information content (AvgIpc) is 2.85. The van der Waals surface area contributed by atoms with E-state index in [1.165, 1.54) is 0 Å². The third-order valence-electron chi connectivity index (χ3n) is 2.94. The van der Waals surface area contributed by atoms with Gasteiger partial charge in [-0.25, -0.2) is 9.97 Å². The Balaban J connectivity index is 2.07. The van der Waals surface area contributed by atoms with E-state index in [-0.39, 0.29) is 13.2 Å². The van der Waals surface area contributed by atoms with Gasteiger partial charge in [-0.2, -0.15) is 5.26 Å². The van der Waals surface area contributed by atoms with Gasteiger partial charge in [-0.15, -0.1) is 0 Å². The third-order valence-corrected chi connectivity index (χ3v) is 2.94. The molecule has 2 aromatic rings. The molecule has 0 amide bonds. The van der Waals surface area contributed by atoms with Crippen molar-refractivity contribution in [1.82, 2.24) is 9.97 Å². The van der Waals surface area contributed by atoms with Crippen LogP contribution in [0.1, 0.15) is 11.4 Å². The zero-order valence-electron chi connectivity index (χ0n) is 10.4. The van der Waals surface area contributed by atoms with Crippen molar-refractivity contribution in [2.24, 2.45) is 0 Å². The topological polar surface area (TPSA) is 68.0 Å². The Kier molecular flexibility index (Phi) is 2.76. The van der Waals surface area contributed by atoms with Gasteiger partial charge in [0.05, 0.1) is 18.2 Å². The first-order valence-electron chi connectivity index (χ1n) is 5.87. The maximum absolute atomic E-state index is 8.70. The summed E-state index contributed by atoms with van der Waals surface area (Å²) in [6, 6.07) is 7.72. The molecule has 0 fully saturated rings. The first-order valence-corrected chi connectivity index (χ1v) is 5.87. The number of aryl methyl sites for hydroxylation is 1. The zero-order chi connectivity index (χ0) is 13.2. The zero-order valence-corrected chi connectivity index (χ0v) is 10.4. The molecule has 1 aliphatic heterocycles. The van der Waals surface area contributed by atoms with Gasteiger partial charge < -0.3 is 9.47 Å². The van der Waals surface area contributed by atoms with Gasteiger partial charge in [0.1, 0.15) is 5.82 Å². The van der Waals surface area contributed by atoms with Gasteiger partial charge in [-0.3, -0.25) is 0 Å². The number of benzene rings is 1. The van der Waals surface area contributed by atoms with E-state index in [0.717, 1.165) is 28.3 Å². The van der Waals surface area contributed by atoms with Crippen molar-refractivity contribution in [3.63, 3.8) is 0 Å². The van der Waals surface area contributed by atoms with E-state index in [1.807, 2.05) is 31.2 Å². The monoisotopic (exact) mass is 253 g/mol. The lowest BCUT2D eigenvalue weighted by Crippen LogP contribution is -1.96. The van der Waals surface area contributed by atoms with E-state index in [9.17, 15) is 0 Å². The van der Waals surface area contributed by atoms with Crippen LogP contribution in [-0.2, 0) is 6.42 Å². The molecule has 0 saturated carbocycles. The molecule has 1 aliphatic rings. The van der Waals surface area contributed by atoms with E-state index in [2.05, 4.69) is 9.97 Å². The van der Waals surface area contributed by atoms with Crippen molar-refractivity contribution in [3.05, 3.63) is 35.8 Å². The van der Waals surface area contributed by atoms with Crippen molar-refractivity contribution in [2.75, 3.05) is 6.79 Å². The molecule has 2 heterocycles. The van der Waals surface area contributed by atoms with Crippen molar-refractivity contribution in [2.45, 2.75) is 13.3 Å². The van der Waals surface area contributed by atoms with E-state index >= 15 is 0 Å². The lowest BCUT2D eigenvalue weighted by atomic mass is 10.0. The Morgan fingerprint density at radius 1 is 1.32 bits per heavy atom. The average molecular weight is 253 g/mol. The first kappa shape index (κ1) is 11.5. The highest BCUT2D eigenvalue weighted by Gasteiger charge is 2.17. The molecule has 94 valence electrons. The molecule has 0 saturated heterocycles. The minimum atomic E-state index is 0.206. The molecule has 0 bridgehead atoms. The van der Waals surface area contributed by atoms with Crippen molar-refractivity contribution >= 4 is 0 Å². The fourth-order valence-electron chi connectivity index (χ4n) is 2.02. The summed E-state index contributed by atoms with van der Waals surface area (Å²) in [6.07, 6.45) is 1.87. The van der Waals surface area contributed by atoms with Gasteiger partial charge in [0.2, 0.25) is 6.79 Å². The van der Waals surface area contributed by atoms with Crippen molar-refractivity contribution < 1.29 is 9.47 Å². The van der Waals surface area contributed by atoms with Crippen molar-refractivity contribution in [1.29, 1.82) is 5.26 Å². The summed E-state index contributed by atoms with van der Waals surface area (Å²) >= 11 is 0. The van der Waals surface area contributed by atoms with Gasteiger partial charge in [-0.1, -0.05) is 0 Å². The molecule has 5 heteroatoms. The molecule has 0 spiro atoms. The molecular weight excluding hydrogens is 242 g/mol. The number of rotatable bonds is 2. The van der Waals surface area contributed by atoms with Crippen LogP contribution in [0, 0.1) is 18.3 Å². The SMILES string of the molecule is Cc1cc2c(cc1-c1ccnc(CC#N)n1)OCO2. The highest BCUT2D eigenvalue weighted by Crippen LogP contribution is 2.37. The lowest BCUT2D eigenvalue weighted by molar-refractivity contribution is 0.174. The molecule has 0 aliphatic carbocycles. The van der Waals surface area contributed by atoms with E-state index < -0.39 is 0 Å². The summed E-state index contributed by atoms with van der Waals surface area (Å²) in [5.41, 5.74) is 2.80. The van der Waals surface area contributed by atoms with Gasteiger partial charge in [0.15, 0.2) is 11.5 Å². The maximum atomic E-state index is 8.70. The summed E-state index contributed by atoms with van der Waals surface area (Å²) in [7, 11) is 0. The molecule has 19 heavy (non-hydrogen) atoms. The first-order chi connectivity index (χ1) is 9.28. The van der Waals surface area contributed by atoms with Crippen LogP contribution >= 0.6 is 0 Å². The van der Waals surface area contributed by atoms with Crippen LogP contribution < -0.4 is 9.47 Å². The highest BCUT2D eigenvalue weighted by atomic mass is 16.7. The summed E-state index contributed by atoms with van der Waals surface area (Å²) in [4.78, 5) is 8.46. The summed E-state index contributed by atoms with van der Waals surface area (Å²) in [6.45, 7) is 2.24.